The minimum absolute atomic E-state index is 0.0125. The molecule has 6 aliphatic rings. The lowest BCUT2D eigenvalue weighted by molar-refractivity contribution is -0.236. The van der Waals surface area contributed by atoms with Crippen molar-refractivity contribution in [3.63, 3.8) is 0 Å². The number of carbonyl (C=O) groups is 5. The molecule has 0 saturated heterocycles. The minimum Gasteiger partial charge on any atom is -0.481 e. The van der Waals surface area contributed by atoms with Crippen LogP contribution in [0.5, 0.6) is 0 Å². The first-order valence-electron chi connectivity index (χ1n) is 22.1. The number of rotatable bonds is 10. The van der Waals surface area contributed by atoms with Gasteiger partial charge in [0.15, 0.2) is 12.1 Å². The van der Waals surface area contributed by atoms with E-state index in [2.05, 4.69) is 59.1 Å². The Hall–Kier alpha value is -3.27. The molecular weight excluding hydrogens is 771 g/mol. The molecule has 1 aromatic carbocycles. The number of allylic oxidation sites excluding steroid dienone is 2. The van der Waals surface area contributed by atoms with E-state index in [-0.39, 0.29) is 75.8 Å². The van der Waals surface area contributed by atoms with Crippen LogP contribution in [0.3, 0.4) is 0 Å². The third-order valence-electron chi connectivity index (χ3n) is 18.0. The second-order valence-electron chi connectivity index (χ2n) is 21.7. The van der Waals surface area contributed by atoms with E-state index in [9.17, 15) is 29.1 Å². The molecule has 0 spiro atoms. The number of ketones is 1. The number of hydrogen-bond donors (Lipinski definition) is 3. The van der Waals surface area contributed by atoms with Crippen LogP contribution in [0, 0.1) is 68.0 Å². The number of carbonyl (C=O) groups excluding carboxylic acids is 4. The van der Waals surface area contributed by atoms with Gasteiger partial charge in [-0.25, -0.2) is 4.39 Å². The summed E-state index contributed by atoms with van der Waals surface area (Å²) in [5.74, 6) is -1.93. The fourth-order valence-corrected chi connectivity index (χ4v) is 14.7. The van der Waals surface area contributed by atoms with Crippen molar-refractivity contribution in [1.29, 1.82) is 0 Å². The Morgan fingerprint density at radius 2 is 1.54 bits per heavy atom. The first-order chi connectivity index (χ1) is 27.4. The molecule has 0 heterocycles. The molecule has 0 aliphatic heterocycles. The lowest BCUT2D eigenvalue weighted by Crippen LogP contribution is -2.66. The number of ether oxygens (including phenoxy) is 1. The van der Waals surface area contributed by atoms with Gasteiger partial charge < -0.3 is 20.5 Å². The van der Waals surface area contributed by atoms with Crippen LogP contribution < -0.4 is 10.6 Å². The fraction of sp³-hybridized carbons (Fsp3) is 0.729. The molecule has 7 rings (SSSR count). The third-order valence-corrected chi connectivity index (χ3v) is 18.2. The maximum absolute atomic E-state index is 15.0. The molecule has 2 amide bonds. The Kier molecular flexibility index (Phi) is 11.1. The van der Waals surface area contributed by atoms with Gasteiger partial charge >= 0.3 is 11.9 Å². The zero-order valence-electron chi connectivity index (χ0n) is 36.6. The summed E-state index contributed by atoms with van der Waals surface area (Å²) >= 11 is 5.92. The van der Waals surface area contributed by atoms with Crippen LogP contribution in [-0.2, 0) is 23.9 Å². The fourth-order valence-electron chi connectivity index (χ4n) is 14.6. The van der Waals surface area contributed by atoms with Crippen LogP contribution in [0.4, 0.5) is 4.39 Å². The van der Waals surface area contributed by atoms with Crippen molar-refractivity contribution >= 4 is 41.1 Å². The summed E-state index contributed by atoms with van der Waals surface area (Å²) in [6.45, 7) is 19.5. The van der Waals surface area contributed by atoms with E-state index in [0.29, 0.717) is 36.1 Å². The molecule has 5 saturated carbocycles. The van der Waals surface area contributed by atoms with Gasteiger partial charge in [-0.2, -0.15) is 0 Å². The van der Waals surface area contributed by atoms with Gasteiger partial charge in [0.2, 0.25) is 5.91 Å². The summed E-state index contributed by atoms with van der Waals surface area (Å²) in [5, 5.41) is 15.2. The average molecular weight is 838 g/mol. The van der Waals surface area contributed by atoms with Crippen LogP contribution >= 0.6 is 11.6 Å². The topological polar surface area (TPSA) is 139 Å². The number of fused-ring (bicyclic) bond motifs is 7. The zero-order valence-corrected chi connectivity index (χ0v) is 37.3. The van der Waals surface area contributed by atoms with E-state index >= 15 is 4.39 Å². The molecule has 9 nitrogen and oxygen atoms in total. The Morgan fingerprint density at radius 1 is 0.864 bits per heavy atom. The minimum atomic E-state index is -1.79. The molecule has 11 atom stereocenters. The van der Waals surface area contributed by atoms with Crippen molar-refractivity contribution in [2.75, 3.05) is 6.54 Å². The van der Waals surface area contributed by atoms with E-state index in [1.807, 2.05) is 13.8 Å². The number of benzene rings is 1. The molecule has 6 aliphatic carbocycles. The summed E-state index contributed by atoms with van der Waals surface area (Å²) in [4.78, 5) is 65.8. The predicted molar refractivity (Wildman–Crippen MR) is 224 cm³/mol. The second kappa shape index (κ2) is 15.0. The summed E-state index contributed by atoms with van der Waals surface area (Å²) < 4.78 is 21.4. The third kappa shape index (κ3) is 6.88. The molecule has 1 aromatic rings. The number of esters is 1. The SMILES string of the molecule is CC(C)C1=C2[C@H]3CC[C@@H]4[C@@]5(C)CC[C@H](OC(=O)[C@H]6C[C@@H](C(=O)O)C6(C)C)C(C)(C)[C@@H]5CC[C@@]4(C)[C@]3(C)CC[C@@]2(CC(=O)NCC(F)NC(=O)c2ccc(Cl)cc2)CC1=O. The number of hydrogen-bond acceptors (Lipinski definition) is 6. The predicted octanol–water partition coefficient (Wildman–Crippen LogP) is 9.51. The van der Waals surface area contributed by atoms with Crippen LogP contribution in [0.15, 0.2) is 35.4 Å². The molecule has 0 radical (unpaired) electrons. The lowest BCUT2D eigenvalue weighted by Gasteiger charge is -2.72. The van der Waals surface area contributed by atoms with E-state index in [1.54, 1.807) is 12.1 Å². The first-order valence-corrected chi connectivity index (χ1v) is 22.5. The van der Waals surface area contributed by atoms with E-state index in [1.165, 1.54) is 17.7 Å². The van der Waals surface area contributed by atoms with Gasteiger partial charge in [0, 0.05) is 34.3 Å². The molecule has 324 valence electrons. The Labute approximate surface area is 354 Å². The average Bonchev–Trinajstić information content (AvgIpc) is 3.43. The number of aliphatic carboxylic acids is 1. The first kappa shape index (κ1) is 43.8. The molecule has 11 heteroatoms. The van der Waals surface area contributed by atoms with Crippen molar-refractivity contribution in [3.8, 4) is 0 Å². The number of alkyl halides is 1. The normalized spacial score (nSPS) is 38.5. The van der Waals surface area contributed by atoms with Crippen molar-refractivity contribution < 1.29 is 38.2 Å². The number of carboxylic acid groups (broad SMARTS) is 1. The Morgan fingerprint density at radius 3 is 2.17 bits per heavy atom. The van der Waals surface area contributed by atoms with E-state index in [0.717, 1.165) is 50.5 Å². The van der Waals surface area contributed by atoms with Crippen LogP contribution in [0.2, 0.25) is 5.02 Å². The molecular formula is C48H66ClFN2O7. The molecule has 5 fully saturated rings. The Bertz CT molecular complexity index is 1940. The smallest absolute Gasteiger partial charge is 0.309 e. The molecule has 3 N–H and O–H groups in total. The van der Waals surface area contributed by atoms with E-state index < -0.39 is 40.8 Å². The maximum Gasteiger partial charge on any atom is 0.309 e. The van der Waals surface area contributed by atoms with Gasteiger partial charge in [-0.05, 0) is 133 Å². The van der Waals surface area contributed by atoms with Crippen LogP contribution in [0.1, 0.15) is 143 Å². The zero-order chi connectivity index (χ0) is 43.2. The Balaban J connectivity index is 1.07. The van der Waals surface area contributed by atoms with Crippen molar-refractivity contribution in [2.45, 2.75) is 145 Å². The number of halogens is 2. The van der Waals surface area contributed by atoms with E-state index in [4.69, 9.17) is 16.3 Å². The van der Waals surface area contributed by atoms with Crippen molar-refractivity contribution in [2.24, 2.45) is 68.0 Å². The standard InChI is InChI=1S/C48H66ClFN2O7/c1-26(2)38-32(53)23-48(24-37(54)51-25-36(50)52-40(55)27-10-12-28(49)13-11-27)21-20-46(8)29(39(38)48)14-15-34-45(7)18-17-35(44(5,6)33(45)16-19-47(34,46)9)59-42(58)31-22-30(41(56)57)43(31,3)4/h10-13,26,29-31,33-36H,14-25H2,1-9H3,(H,51,54)(H,52,55)(H,56,57)/t29-,30+,31-,33+,34-,35+,36?,45+,46-,47-,48+/m1/s1. The summed E-state index contributed by atoms with van der Waals surface area (Å²) in [6.07, 6.45) is 6.01. The molecule has 0 bridgehead atoms. The highest BCUT2D eigenvalue weighted by Gasteiger charge is 2.70. The highest BCUT2D eigenvalue weighted by atomic mass is 35.5. The van der Waals surface area contributed by atoms with Crippen LogP contribution in [0.25, 0.3) is 0 Å². The van der Waals surface area contributed by atoms with Crippen LogP contribution in [-0.4, -0.2) is 53.6 Å². The van der Waals surface area contributed by atoms with Gasteiger partial charge in [0.05, 0.1) is 18.4 Å². The van der Waals surface area contributed by atoms with Gasteiger partial charge in [0.1, 0.15) is 6.10 Å². The van der Waals surface area contributed by atoms with Crippen molar-refractivity contribution in [3.05, 3.63) is 46.0 Å². The van der Waals surface area contributed by atoms with Gasteiger partial charge in [-0.15, -0.1) is 0 Å². The van der Waals surface area contributed by atoms with Gasteiger partial charge in [-0.3, -0.25) is 24.0 Å². The quantitative estimate of drug-likeness (QED) is 0.158. The molecule has 1 unspecified atom stereocenters. The lowest BCUT2D eigenvalue weighted by atomic mass is 9.33. The maximum atomic E-state index is 15.0. The highest BCUT2D eigenvalue weighted by molar-refractivity contribution is 6.30. The molecule has 59 heavy (non-hydrogen) atoms. The summed E-state index contributed by atoms with van der Waals surface area (Å²) in [5.41, 5.74) is 0.703. The monoisotopic (exact) mass is 836 g/mol. The number of nitrogens with one attached hydrogen (secondary N) is 2. The summed E-state index contributed by atoms with van der Waals surface area (Å²) in [6, 6.07) is 6.14. The number of carboxylic acids is 1. The summed E-state index contributed by atoms with van der Waals surface area (Å²) in [7, 11) is 0. The number of Topliss-reactive ketones (excluding diaryl/α,β-unsaturated/α-hetero) is 1. The largest absolute Gasteiger partial charge is 0.481 e. The molecule has 0 aromatic heterocycles. The number of amides is 2. The highest BCUT2D eigenvalue weighted by Crippen LogP contribution is 2.77. The second-order valence-corrected chi connectivity index (χ2v) is 22.1. The van der Waals surface area contributed by atoms with Crippen molar-refractivity contribution in [1.82, 2.24) is 10.6 Å². The van der Waals surface area contributed by atoms with Gasteiger partial charge in [-0.1, -0.05) is 79.5 Å². The van der Waals surface area contributed by atoms with Gasteiger partial charge in [0.25, 0.3) is 5.91 Å².